The number of hydrogen-bond donors (Lipinski definition) is 1. The van der Waals surface area contributed by atoms with Gasteiger partial charge in [-0.3, -0.25) is 4.79 Å². The SMILES string of the molecule is CCC[C@@](C)(OC)C(=O)Nc1ccc(OC)c(Cl)c1. The fourth-order valence-electron chi connectivity index (χ4n) is 1.79. The number of hydrogen-bond acceptors (Lipinski definition) is 3. The highest BCUT2D eigenvalue weighted by molar-refractivity contribution is 6.32. The standard InChI is InChI=1S/C14H20ClNO3/c1-5-8-14(2,19-4)13(17)16-10-6-7-12(18-3)11(15)9-10/h6-7,9H,5,8H2,1-4H3,(H,16,17)/t14-/m1/s1. The van der Waals surface area contributed by atoms with E-state index >= 15 is 0 Å². The van der Waals surface area contributed by atoms with Gasteiger partial charge < -0.3 is 14.8 Å². The Hall–Kier alpha value is -1.26. The number of carbonyl (C=O) groups is 1. The van der Waals surface area contributed by atoms with E-state index in [2.05, 4.69) is 5.32 Å². The molecule has 0 aliphatic heterocycles. The molecule has 1 aromatic carbocycles. The molecule has 4 nitrogen and oxygen atoms in total. The first-order valence-electron chi connectivity index (χ1n) is 6.17. The van der Waals surface area contributed by atoms with Crippen LogP contribution in [0.2, 0.25) is 5.02 Å². The molecular formula is C14H20ClNO3. The van der Waals surface area contributed by atoms with Crippen LogP contribution in [0.25, 0.3) is 0 Å². The van der Waals surface area contributed by atoms with Crippen molar-refractivity contribution >= 4 is 23.2 Å². The lowest BCUT2D eigenvalue weighted by molar-refractivity contribution is -0.136. The van der Waals surface area contributed by atoms with Gasteiger partial charge in [-0.1, -0.05) is 24.9 Å². The first kappa shape index (κ1) is 15.8. The number of anilines is 1. The molecule has 0 aliphatic carbocycles. The minimum absolute atomic E-state index is 0.182. The number of benzene rings is 1. The fourth-order valence-corrected chi connectivity index (χ4v) is 2.05. The molecule has 1 rings (SSSR count). The third kappa shape index (κ3) is 3.85. The van der Waals surface area contributed by atoms with E-state index in [0.29, 0.717) is 22.9 Å². The molecule has 1 atom stereocenters. The summed E-state index contributed by atoms with van der Waals surface area (Å²) < 4.78 is 10.4. The van der Waals surface area contributed by atoms with Gasteiger partial charge in [0.2, 0.25) is 0 Å². The summed E-state index contributed by atoms with van der Waals surface area (Å²) in [5.41, 5.74) is -0.212. The fraction of sp³-hybridized carbons (Fsp3) is 0.500. The molecule has 106 valence electrons. The van der Waals surface area contributed by atoms with Crippen LogP contribution in [-0.4, -0.2) is 25.7 Å². The molecule has 0 bridgehead atoms. The number of rotatable bonds is 6. The molecule has 19 heavy (non-hydrogen) atoms. The Balaban J connectivity index is 2.84. The summed E-state index contributed by atoms with van der Waals surface area (Å²) in [6, 6.07) is 5.10. The van der Waals surface area contributed by atoms with E-state index in [0.717, 1.165) is 6.42 Å². The van der Waals surface area contributed by atoms with Crippen molar-refractivity contribution in [2.24, 2.45) is 0 Å². The number of methoxy groups -OCH3 is 2. The predicted molar refractivity (Wildman–Crippen MR) is 77.0 cm³/mol. The van der Waals surface area contributed by atoms with E-state index in [1.165, 1.54) is 7.11 Å². The van der Waals surface area contributed by atoms with Crippen molar-refractivity contribution in [1.82, 2.24) is 0 Å². The molecule has 1 amide bonds. The maximum Gasteiger partial charge on any atom is 0.256 e. The molecule has 1 aromatic rings. The molecule has 0 unspecified atom stereocenters. The van der Waals surface area contributed by atoms with Crippen LogP contribution in [0.3, 0.4) is 0 Å². The topological polar surface area (TPSA) is 47.6 Å². The van der Waals surface area contributed by atoms with Crippen LogP contribution in [0.4, 0.5) is 5.69 Å². The van der Waals surface area contributed by atoms with E-state index < -0.39 is 5.60 Å². The molecule has 0 spiro atoms. The Kier molecular flexibility index (Phi) is 5.63. The van der Waals surface area contributed by atoms with Gasteiger partial charge in [0.1, 0.15) is 11.4 Å². The third-order valence-electron chi connectivity index (χ3n) is 3.07. The van der Waals surface area contributed by atoms with Crippen LogP contribution in [0.15, 0.2) is 18.2 Å². The molecule has 0 saturated carbocycles. The van der Waals surface area contributed by atoms with E-state index in [1.807, 2.05) is 6.92 Å². The molecular weight excluding hydrogens is 266 g/mol. The van der Waals surface area contributed by atoms with Crippen molar-refractivity contribution < 1.29 is 14.3 Å². The normalized spacial score (nSPS) is 13.7. The largest absolute Gasteiger partial charge is 0.495 e. The lowest BCUT2D eigenvalue weighted by Crippen LogP contribution is -2.41. The van der Waals surface area contributed by atoms with Gasteiger partial charge in [0.05, 0.1) is 12.1 Å². The zero-order valence-electron chi connectivity index (χ0n) is 11.7. The van der Waals surface area contributed by atoms with Gasteiger partial charge in [-0.2, -0.15) is 0 Å². The average molecular weight is 286 g/mol. The zero-order valence-corrected chi connectivity index (χ0v) is 12.5. The number of amides is 1. The highest BCUT2D eigenvalue weighted by Crippen LogP contribution is 2.28. The minimum Gasteiger partial charge on any atom is -0.495 e. The Labute approximate surface area is 119 Å². The summed E-state index contributed by atoms with van der Waals surface area (Å²) in [7, 11) is 3.08. The van der Waals surface area contributed by atoms with Gasteiger partial charge in [-0.05, 0) is 31.5 Å². The summed E-state index contributed by atoms with van der Waals surface area (Å²) in [5.74, 6) is 0.390. The van der Waals surface area contributed by atoms with Crippen molar-refractivity contribution in [3.8, 4) is 5.75 Å². The third-order valence-corrected chi connectivity index (χ3v) is 3.36. The Morgan fingerprint density at radius 1 is 1.42 bits per heavy atom. The van der Waals surface area contributed by atoms with Crippen molar-refractivity contribution in [1.29, 1.82) is 0 Å². The van der Waals surface area contributed by atoms with E-state index in [4.69, 9.17) is 21.1 Å². The van der Waals surface area contributed by atoms with Gasteiger partial charge in [-0.25, -0.2) is 0 Å². The van der Waals surface area contributed by atoms with Crippen molar-refractivity contribution in [2.45, 2.75) is 32.3 Å². The summed E-state index contributed by atoms with van der Waals surface area (Å²) in [6.45, 7) is 3.78. The van der Waals surface area contributed by atoms with Crippen LogP contribution in [0, 0.1) is 0 Å². The number of carbonyl (C=O) groups excluding carboxylic acids is 1. The molecule has 5 heteroatoms. The van der Waals surface area contributed by atoms with E-state index in [-0.39, 0.29) is 5.91 Å². The van der Waals surface area contributed by atoms with Crippen LogP contribution < -0.4 is 10.1 Å². The van der Waals surface area contributed by atoms with Crippen molar-refractivity contribution in [3.63, 3.8) is 0 Å². The number of ether oxygens (including phenoxy) is 2. The molecule has 1 N–H and O–H groups in total. The monoisotopic (exact) mass is 285 g/mol. The molecule has 0 aromatic heterocycles. The summed E-state index contributed by atoms with van der Waals surface area (Å²) in [6.07, 6.45) is 1.51. The molecule has 0 fully saturated rings. The van der Waals surface area contributed by atoms with Crippen molar-refractivity contribution in [2.75, 3.05) is 19.5 Å². The van der Waals surface area contributed by atoms with Gasteiger partial charge in [0.25, 0.3) is 5.91 Å². The molecule has 0 heterocycles. The Bertz CT molecular complexity index is 450. The van der Waals surface area contributed by atoms with Crippen LogP contribution in [0.5, 0.6) is 5.75 Å². The second-order valence-corrected chi connectivity index (χ2v) is 4.90. The summed E-state index contributed by atoms with van der Waals surface area (Å²) in [4.78, 5) is 12.2. The quantitative estimate of drug-likeness (QED) is 0.870. The molecule has 0 radical (unpaired) electrons. The second kappa shape index (κ2) is 6.78. The Morgan fingerprint density at radius 3 is 2.58 bits per heavy atom. The highest BCUT2D eigenvalue weighted by atomic mass is 35.5. The van der Waals surface area contributed by atoms with E-state index in [1.54, 1.807) is 32.2 Å². The van der Waals surface area contributed by atoms with Crippen LogP contribution in [0.1, 0.15) is 26.7 Å². The second-order valence-electron chi connectivity index (χ2n) is 4.49. The lowest BCUT2D eigenvalue weighted by atomic mass is 9.99. The van der Waals surface area contributed by atoms with E-state index in [9.17, 15) is 4.79 Å². The number of nitrogens with one attached hydrogen (secondary N) is 1. The summed E-state index contributed by atoms with van der Waals surface area (Å²) >= 11 is 6.01. The maximum absolute atomic E-state index is 12.2. The highest BCUT2D eigenvalue weighted by Gasteiger charge is 2.32. The van der Waals surface area contributed by atoms with Gasteiger partial charge in [-0.15, -0.1) is 0 Å². The average Bonchev–Trinajstić information content (AvgIpc) is 2.39. The van der Waals surface area contributed by atoms with Gasteiger partial charge >= 0.3 is 0 Å². The van der Waals surface area contributed by atoms with Crippen LogP contribution in [-0.2, 0) is 9.53 Å². The molecule has 0 saturated heterocycles. The number of halogens is 1. The lowest BCUT2D eigenvalue weighted by Gasteiger charge is -2.26. The van der Waals surface area contributed by atoms with Crippen LogP contribution >= 0.6 is 11.6 Å². The zero-order chi connectivity index (χ0) is 14.5. The first-order valence-corrected chi connectivity index (χ1v) is 6.54. The molecule has 0 aliphatic rings. The van der Waals surface area contributed by atoms with Crippen molar-refractivity contribution in [3.05, 3.63) is 23.2 Å². The smallest absolute Gasteiger partial charge is 0.256 e. The first-order chi connectivity index (χ1) is 8.96. The Morgan fingerprint density at radius 2 is 2.11 bits per heavy atom. The summed E-state index contributed by atoms with van der Waals surface area (Å²) in [5, 5.41) is 3.26. The predicted octanol–water partition coefficient (Wildman–Crippen LogP) is 3.49. The van der Waals surface area contributed by atoms with Gasteiger partial charge in [0.15, 0.2) is 0 Å². The van der Waals surface area contributed by atoms with Gasteiger partial charge in [0, 0.05) is 12.8 Å². The minimum atomic E-state index is -0.832. The maximum atomic E-state index is 12.2.